The van der Waals surface area contributed by atoms with Crippen molar-refractivity contribution in [3.8, 4) is 0 Å². The van der Waals surface area contributed by atoms with Crippen LogP contribution in [0, 0.1) is 0 Å². The second-order valence-corrected chi connectivity index (χ2v) is 3.70. The van der Waals surface area contributed by atoms with Gasteiger partial charge in [0.1, 0.15) is 5.60 Å². The zero-order valence-electron chi connectivity index (χ0n) is 8.70. The first kappa shape index (κ1) is 12.0. The van der Waals surface area contributed by atoms with Crippen molar-refractivity contribution >= 4 is 6.09 Å². The highest BCUT2D eigenvalue weighted by Crippen LogP contribution is 2.08. The van der Waals surface area contributed by atoms with Gasteiger partial charge in [-0.3, -0.25) is 0 Å². The molecule has 0 radical (unpaired) electrons. The Bertz CT molecular complexity index is 194. The SMILES string of the molecule is CC=CCN(N)C(=O)OC(C)(C)C. The third kappa shape index (κ3) is 6.16. The topological polar surface area (TPSA) is 55.6 Å². The third-order valence-electron chi connectivity index (χ3n) is 1.17. The van der Waals surface area contributed by atoms with E-state index in [0.29, 0.717) is 6.54 Å². The van der Waals surface area contributed by atoms with E-state index in [0.717, 1.165) is 5.01 Å². The maximum Gasteiger partial charge on any atom is 0.424 e. The Labute approximate surface area is 79.3 Å². The molecule has 0 aromatic carbocycles. The molecular weight excluding hydrogens is 168 g/mol. The summed E-state index contributed by atoms with van der Waals surface area (Å²) in [6, 6.07) is 0. The number of hydrazine groups is 1. The quantitative estimate of drug-likeness (QED) is 0.309. The van der Waals surface area contributed by atoms with Crippen molar-refractivity contribution in [3.05, 3.63) is 12.2 Å². The van der Waals surface area contributed by atoms with E-state index in [9.17, 15) is 4.79 Å². The van der Waals surface area contributed by atoms with Crippen LogP contribution < -0.4 is 5.84 Å². The first-order valence-electron chi connectivity index (χ1n) is 4.23. The van der Waals surface area contributed by atoms with Crippen LogP contribution in [-0.2, 0) is 4.74 Å². The zero-order valence-corrected chi connectivity index (χ0v) is 8.70. The lowest BCUT2D eigenvalue weighted by Crippen LogP contribution is -2.41. The number of hydrogen-bond acceptors (Lipinski definition) is 3. The highest BCUT2D eigenvalue weighted by Gasteiger charge is 2.18. The average Bonchev–Trinajstić information content (AvgIpc) is 1.96. The highest BCUT2D eigenvalue weighted by molar-refractivity contribution is 5.67. The molecule has 1 amide bonds. The standard InChI is InChI=1S/C9H18N2O2/c1-5-6-7-11(10)8(12)13-9(2,3)4/h5-6H,7,10H2,1-4H3. The number of nitrogens with two attached hydrogens (primary N) is 1. The Kier molecular flexibility index (Phi) is 4.48. The Morgan fingerprint density at radius 3 is 2.46 bits per heavy atom. The van der Waals surface area contributed by atoms with Crippen molar-refractivity contribution in [3.63, 3.8) is 0 Å². The fourth-order valence-corrected chi connectivity index (χ4v) is 0.614. The van der Waals surface area contributed by atoms with Crippen molar-refractivity contribution < 1.29 is 9.53 Å². The number of allylic oxidation sites excluding steroid dienone is 1. The molecule has 0 aliphatic rings. The van der Waals surface area contributed by atoms with Gasteiger partial charge in [0, 0.05) is 0 Å². The van der Waals surface area contributed by atoms with E-state index >= 15 is 0 Å². The fourth-order valence-electron chi connectivity index (χ4n) is 0.614. The van der Waals surface area contributed by atoms with Gasteiger partial charge in [-0.2, -0.15) is 0 Å². The first-order chi connectivity index (χ1) is 5.87. The van der Waals surface area contributed by atoms with Crippen LogP contribution in [0.5, 0.6) is 0 Å². The minimum atomic E-state index is -0.509. The number of amides is 1. The summed E-state index contributed by atoms with van der Waals surface area (Å²) in [5.41, 5.74) is -0.495. The van der Waals surface area contributed by atoms with Gasteiger partial charge in [-0.05, 0) is 27.7 Å². The molecule has 0 bridgehead atoms. The molecule has 13 heavy (non-hydrogen) atoms. The van der Waals surface area contributed by atoms with Crippen LogP contribution in [0.2, 0.25) is 0 Å². The van der Waals surface area contributed by atoms with E-state index < -0.39 is 11.7 Å². The van der Waals surface area contributed by atoms with Crippen molar-refractivity contribution in [1.29, 1.82) is 0 Å². The van der Waals surface area contributed by atoms with E-state index in [1.807, 2.05) is 13.0 Å². The molecule has 2 N–H and O–H groups in total. The van der Waals surface area contributed by atoms with Gasteiger partial charge < -0.3 is 4.74 Å². The van der Waals surface area contributed by atoms with E-state index in [1.165, 1.54) is 0 Å². The summed E-state index contributed by atoms with van der Waals surface area (Å²) < 4.78 is 5.02. The van der Waals surface area contributed by atoms with Crippen LogP contribution in [-0.4, -0.2) is 23.2 Å². The molecule has 0 unspecified atom stereocenters. The monoisotopic (exact) mass is 186 g/mol. The van der Waals surface area contributed by atoms with E-state index in [4.69, 9.17) is 10.6 Å². The lowest BCUT2D eigenvalue weighted by Gasteiger charge is -2.23. The number of ether oxygens (including phenoxy) is 1. The maximum absolute atomic E-state index is 11.2. The first-order valence-corrected chi connectivity index (χ1v) is 4.23. The van der Waals surface area contributed by atoms with Crippen molar-refractivity contribution in [2.75, 3.05) is 6.54 Å². The van der Waals surface area contributed by atoms with Gasteiger partial charge in [0.2, 0.25) is 0 Å². The van der Waals surface area contributed by atoms with Gasteiger partial charge in [-0.15, -0.1) is 0 Å². The Morgan fingerprint density at radius 2 is 2.08 bits per heavy atom. The minimum absolute atomic E-state index is 0.366. The van der Waals surface area contributed by atoms with Gasteiger partial charge in [0.25, 0.3) is 0 Å². The number of hydrogen-bond donors (Lipinski definition) is 1. The number of rotatable bonds is 2. The molecule has 0 heterocycles. The molecule has 0 saturated carbocycles. The summed E-state index contributed by atoms with van der Waals surface area (Å²) in [6.45, 7) is 7.63. The summed E-state index contributed by atoms with van der Waals surface area (Å²) in [4.78, 5) is 11.2. The molecule has 0 aliphatic carbocycles. The Balaban J connectivity index is 3.97. The van der Waals surface area contributed by atoms with Crippen LogP contribution in [0.3, 0.4) is 0 Å². The maximum atomic E-state index is 11.2. The summed E-state index contributed by atoms with van der Waals surface area (Å²) in [5.74, 6) is 5.42. The molecule has 0 aliphatic heterocycles. The molecule has 76 valence electrons. The zero-order chi connectivity index (χ0) is 10.5. The summed E-state index contributed by atoms with van der Waals surface area (Å²) >= 11 is 0. The second kappa shape index (κ2) is 4.87. The van der Waals surface area contributed by atoms with Gasteiger partial charge in [-0.1, -0.05) is 12.2 Å². The van der Waals surface area contributed by atoms with E-state index in [2.05, 4.69) is 0 Å². The smallest absolute Gasteiger partial charge is 0.424 e. The average molecular weight is 186 g/mol. The van der Waals surface area contributed by atoms with Gasteiger partial charge in [0.05, 0.1) is 6.54 Å². The molecule has 0 spiro atoms. The molecule has 4 heteroatoms. The molecular formula is C9H18N2O2. The predicted octanol–water partition coefficient (Wildman–Crippen LogP) is 1.67. The summed E-state index contributed by atoms with van der Waals surface area (Å²) in [6.07, 6.45) is 3.10. The molecule has 0 aromatic heterocycles. The Hall–Kier alpha value is -1.03. The van der Waals surface area contributed by atoms with Crippen molar-refractivity contribution in [1.82, 2.24) is 5.01 Å². The van der Waals surface area contributed by atoms with Crippen molar-refractivity contribution in [2.24, 2.45) is 5.84 Å². The second-order valence-electron chi connectivity index (χ2n) is 3.70. The van der Waals surface area contributed by atoms with Crippen LogP contribution in [0.1, 0.15) is 27.7 Å². The third-order valence-corrected chi connectivity index (χ3v) is 1.17. The molecule has 0 rings (SSSR count). The van der Waals surface area contributed by atoms with Crippen LogP contribution in [0.4, 0.5) is 4.79 Å². The molecule has 4 nitrogen and oxygen atoms in total. The van der Waals surface area contributed by atoms with Crippen LogP contribution in [0.15, 0.2) is 12.2 Å². The largest absolute Gasteiger partial charge is 0.443 e. The van der Waals surface area contributed by atoms with Crippen molar-refractivity contribution in [2.45, 2.75) is 33.3 Å². The molecule has 0 atom stereocenters. The lowest BCUT2D eigenvalue weighted by molar-refractivity contribution is 0.0270. The summed E-state index contributed by atoms with van der Waals surface area (Å²) in [7, 11) is 0. The number of carbonyl (C=O) groups excluding carboxylic acids is 1. The Morgan fingerprint density at radius 1 is 1.54 bits per heavy atom. The minimum Gasteiger partial charge on any atom is -0.443 e. The fraction of sp³-hybridized carbons (Fsp3) is 0.667. The number of nitrogens with zero attached hydrogens (tertiary/aromatic N) is 1. The lowest BCUT2D eigenvalue weighted by atomic mass is 10.2. The van der Waals surface area contributed by atoms with Crippen LogP contribution in [0.25, 0.3) is 0 Å². The molecule has 0 saturated heterocycles. The van der Waals surface area contributed by atoms with Gasteiger partial charge >= 0.3 is 6.09 Å². The normalized spacial score (nSPS) is 11.8. The molecule has 0 aromatic rings. The number of carbonyl (C=O) groups is 1. The predicted molar refractivity (Wildman–Crippen MR) is 51.9 cm³/mol. The van der Waals surface area contributed by atoms with E-state index in [-0.39, 0.29) is 0 Å². The van der Waals surface area contributed by atoms with E-state index in [1.54, 1.807) is 26.8 Å². The van der Waals surface area contributed by atoms with Crippen LogP contribution >= 0.6 is 0 Å². The van der Waals surface area contributed by atoms with Gasteiger partial charge in [0.15, 0.2) is 0 Å². The molecule has 0 fully saturated rings. The highest BCUT2D eigenvalue weighted by atomic mass is 16.6. The van der Waals surface area contributed by atoms with Gasteiger partial charge in [-0.25, -0.2) is 15.6 Å². The summed E-state index contributed by atoms with van der Waals surface area (Å²) in [5, 5.41) is 1.03.